The van der Waals surface area contributed by atoms with E-state index >= 15 is 0 Å². The van der Waals surface area contributed by atoms with Gasteiger partial charge in [0.25, 0.3) is 0 Å². The first-order valence-electron chi connectivity index (χ1n) is 8.60. The van der Waals surface area contributed by atoms with Gasteiger partial charge in [0.2, 0.25) is 11.8 Å². The number of carbonyl (C=O) groups excluding carboxylic acids is 2. The molecule has 1 unspecified atom stereocenters. The van der Waals surface area contributed by atoms with Crippen molar-refractivity contribution in [2.45, 2.75) is 58.8 Å². The molecule has 22 heavy (non-hydrogen) atoms. The second kappa shape index (κ2) is 10.2. The molecule has 0 aromatic carbocycles. The van der Waals surface area contributed by atoms with Crippen LogP contribution in [-0.4, -0.2) is 47.8 Å². The Morgan fingerprint density at radius 2 is 1.64 bits per heavy atom. The Morgan fingerprint density at radius 1 is 1.09 bits per heavy atom. The topological polar surface area (TPSA) is 64.4 Å². The van der Waals surface area contributed by atoms with Crippen molar-refractivity contribution in [1.82, 2.24) is 9.80 Å². The molecule has 0 N–H and O–H groups in total. The van der Waals surface area contributed by atoms with Crippen LogP contribution in [0.15, 0.2) is 0 Å². The van der Waals surface area contributed by atoms with Crippen molar-refractivity contribution < 1.29 is 9.59 Å². The summed E-state index contributed by atoms with van der Waals surface area (Å²) in [6, 6.07) is 2.05. The molecular formula is C17H29N3O2. The van der Waals surface area contributed by atoms with Crippen molar-refractivity contribution in [3.05, 3.63) is 0 Å². The van der Waals surface area contributed by atoms with Crippen LogP contribution < -0.4 is 0 Å². The second-order valence-corrected chi connectivity index (χ2v) is 6.01. The molecule has 124 valence electrons. The van der Waals surface area contributed by atoms with Gasteiger partial charge in [0.1, 0.15) is 5.92 Å². The third-order valence-electron chi connectivity index (χ3n) is 4.09. The first-order valence-corrected chi connectivity index (χ1v) is 8.60. The van der Waals surface area contributed by atoms with E-state index in [1.54, 1.807) is 4.90 Å². The number of nitriles is 1. The maximum atomic E-state index is 12.5. The highest BCUT2D eigenvalue weighted by molar-refractivity contribution is 5.87. The summed E-state index contributed by atoms with van der Waals surface area (Å²) >= 11 is 0. The van der Waals surface area contributed by atoms with Crippen LogP contribution in [0.25, 0.3) is 0 Å². The van der Waals surface area contributed by atoms with Crippen molar-refractivity contribution >= 4 is 11.8 Å². The molecule has 1 atom stereocenters. The van der Waals surface area contributed by atoms with Crippen molar-refractivity contribution in [3.63, 3.8) is 0 Å². The van der Waals surface area contributed by atoms with E-state index < -0.39 is 5.92 Å². The summed E-state index contributed by atoms with van der Waals surface area (Å²) < 4.78 is 0. The molecule has 0 spiro atoms. The van der Waals surface area contributed by atoms with Gasteiger partial charge in [-0.2, -0.15) is 5.26 Å². The van der Waals surface area contributed by atoms with Crippen molar-refractivity contribution in [2.75, 3.05) is 26.2 Å². The number of hydrogen-bond acceptors (Lipinski definition) is 3. The Balaban J connectivity index is 2.63. The molecule has 0 aromatic rings. The normalized spacial score (nSPS) is 16.5. The SMILES string of the molecule is CCCN(CCC)C(=O)C(C#N)CC(=O)N1CCCCCC1. The van der Waals surface area contributed by atoms with E-state index in [1.165, 1.54) is 0 Å². The number of likely N-dealkylation sites (tertiary alicyclic amines) is 1. The first kappa shape index (κ1) is 18.5. The predicted octanol–water partition coefficient (Wildman–Crippen LogP) is 2.57. The van der Waals surface area contributed by atoms with E-state index in [2.05, 4.69) is 0 Å². The standard InChI is InChI=1S/C17H29N3O2/c1-3-9-20(10-4-2)17(22)15(14-18)13-16(21)19-11-7-5-6-8-12-19/h15H,3-13H2,1-2H3. The zero-order valence-electron chi connectivity index (χ0n) is 14.0. The second-order valence-electron chi connectivity index (χ2n) is 6.01. The highest BCUT2D eigenvalue weighted by atomic mass is 16.2. The lowest BCUT2D eigenvalue weighted by Crippen LogP contribution is -2.40. The van der Waals surface area contributed by atoms with E-state index in [-0.39, 0.29) is 18.2 Å². The van der Waals surface area contributed by atoms with E-state index in [1.807, 2.05) is 24.8 Å². The molecule has 1 saturated heterocycles. The average molecular weight is 307 g/mol. The quantitative estimate of drug-likeness (QED) is 0.726. The van der Waals surface area contributed by atoms with Crippen molar-refractivity contribution in [2.24, 2.45) is 5.92 Å². The fourth-order valence-corrected chi connectivity index (χ4v) is 2.90. The van der Waals surface area contributed by atoms with Gasteiger partial charge in [-0.25, -0.2) is 0 Å². The van der Waals surface area contributed by atoms with Crippen LogP contribution in [-0.2, 0) is 9.59 Å². The van der Waals surface area contributed by atoms with Gasteiger partial charge < -0.3 is 9.80 Å². The lowest BCUT2D eigenvalue weighted by Gasteiger charge is -2.25. The lowest BCUT2D eigenvalue weighted by molar-refractivity contribution is -0.139. The highest BCUT2D eigenvalue weighted by Crippen LogP contribution is 2.15. The maximum absolute atomic E-state index is 12.5. The number of rotatable bonds is 7. The van der Waals surface area contributed by atoms with Crippen LogP contribution in [0.4, 0.5) is 0 Å². The lowest BCUT2D eigenvalue weighted by atomic mass is 10.0. The molecule has 0 saturated carbocycles. The molecule has 1 rings (SSSR count). The summed E-state index contributed by atoms with van der Waals surface area (Å²) in [5.41, 5.74) is 0. The van der Waals surface area contributed by atoms with Gasteiger partial charge >= 0.3 is 0 Å². The number of carbonyl (C=O) groups is 2. The summed E-state index contributed by atoms with van der Waals surface area (Å²) in [7, 11) is 0. The monoisotopic (exact) mass is 307 g/mol. The van der Waals surface area contributed by atoms with Crippen LogP contribution in [0.2, 0.25) is 0 Å². The van der Waals surface area contributed by atoms with Gasteiger partial charge in [0, 0.05) is 26.2 Å². The average Bonchev–Trinajstić information content (AvgIpc) is 2.80. The minimum atomic E-state index is -0.839. The van der Waals surface area contributed by atoms with Gasteiger partial charge in [0.05, 0.1) is 12.5 Å². The van der Waals surface area contributed by atoms with Crippen LogP contribution in [0, 0.1) is 17.2 Å². The van der Waals surface area contributed by atoms with Gasteiger partial charge in [-0.05, 0) is 25.7 Å². The molecule has 5 nitrogen and oxygen atoms in total. The Hall–Kier alpha value is -1.57. The van der Waals surface area contributed by atoms with Crippen molar-refractivity contribution in [3.8, 4) is 6.07 Å². The molecule has 1 heterocycles. The zero-order valence-corrected chi connectivity index (χ0v) is 14.0. The number of hydrogen-bond donors (Lipinski definition) is 0. The van der Waals surface area contributed by atoms with Crippen LogP contribution in [0.1, 0.15) is 58.8 Å². The minimum Gasteiger partial charge on any atom is -0.343 e. The van der Waals surface area contributed by atoms with Crippen LogP contribution in [0.3, 0.4) is 0 Å². The molecule has 0 radical (unpaired) electrons. The summed E-state index contributed by atoms with van der Waals surface area (Å²) in [4.78, 5) is 28.4. The minimum absolute atomic E-state index is 0.0270. The summed E-state index contributed by atoms with van der Waals surface area (Å²) in [6.45, 7) is 6.86. The molecule has 1 aliphatic heterocycles. The molecule has 2 amide bonds. The Bertz CT molecular complexity index is 389. The molecule has 0 bridgehead atoms. The number of amides is 2. The summed E-state index contributed by atoms with van der Waals surface area (Å²) in [5, 5.41) is 9.32. The molecule has 1 aliphatic rings. The molecule has 0 aliphatic carbocycles. The van der Waals surface area contributed by atoms with E-state index in [0.29, 0.717) is 13.1 Å². The largest absolute Gasteiger partial charge is 0.343 e. The number of nitrogens with zero attached hydrogens (tertiary/aromatic N) is 3. The smallest absolute Gasteiger partial charge is 0.240 e. The van der Waals surface area contributed by atoms with Crippen LogP contribution >= 0.6 is 0 Å². The van der Waals surface area contributed by atoms with Gasteiger partial charge in [-0.15, -0.1) is 0 Å². The Morgan fingerprint density at radius 3 is 2.09 bits per heavy atom. The maximum Gasteiger partial charge on any atom is 0.240 e. The van der Waals surface area contributed by atoms with Crippen molar-refractivity contribution in [1.29, 1.82) is 5.26 Å². The van der Waals surface area contributed by atoms with Gasteiger partial charge in [0.15, 0.2) is 0 Å². The fraction of sp³-hybridized carbons (Fsp3) is 0.824. The van der Waals surface area contributed by atoms with E-state index in [9.17, 15) is 14.9 Å². The third kappa shape index (κ3) is 5.67. The van der Waals surface area contributed by atoms with E-state index in [4.69, 9.17) is 0 Å². The Kier molecular flexibility index (Phi) is 8.57. The summed E-state index contributed by atoms with van der Waals surface area (Å²) in [5.74, 6) is -1.07. The molecule has 5 heteroatoms. The third-order valence-corrected chi connectivity index (χ3v) is 4.09. The molecule has 0 aromatic heterocycles. The summed E-state index contributed by atoms with van der Waals surface area (Å²) in [6.07, 6.45) is 6.12. The van der Waals surface area contributed by atoms with Crippen LogP contribution in [0.5, 0.6) is 0 Å². The first-order chi connectivity index (χ1) is 10.6. The molecular weight excluding hydrogens is 278 g/mol. The molecule has 1 fully saturated rings. The van der Waals surface area contributed by atoms with E-state index in [0.717, 1.165) is 51.6 Å². The predicted molar refractivity (Wildman–Crippen MR) is 85.9 cm³/mol. The zero-order chi connectivity index (χ0) is 16.4. The highest BCUT2D eigenvalue weighted by Gasteiger charge is 2.28. The van der Waals surface area contributed by atoms with Gasteiger partial charge in [-0.1, -0.05) is 26.7 Å². The fourth-order valence-electron chi connectivity index (χ4n) is 2.90. The Labute approximate surface area is 134 Å². The van der Waals surface area contributed by atoms with Gasteiger partial charge in [-0.3, -0.25) is 9.59 Å².